The molecule has 2 atom stereocenters. The normalized spacial score (nSPS) is 28.3. The lowest BCUT2D eigenvalue weighted by atomic mass is 10.1. The minimum absolute atomic E-state index is 0.344. The average Bonchev–Trinajstić information content (AvgIpc) is 3.11. The maximum atomic E-state index is 5.73. The van der Waals surface area contributed by atoms with Crippen LogP contribution in [0.5, 0.6) is 0 Å². The zero-order chi connectivity index (χ0) is 11.4. The number of hydrogen-bond donors (Lipinski definition) is 1. The van der Waals surface area contributed by atoms with Gasteiger partial charge in [0.05, 0.1) is 19.3 Å². The molecule has 1 aliphatic heterocycles. The van der Waals surface area contributed by atoms with Gasteiger partial charge in [-0.3, -0.25) is 4.90 Å². The van der Waals surface area contributed by atoms with Gasteiger partial charge < -0.3 is 14.8 Å². The molecule has 1 saturated heterocycles. The molecule has 0 spiro atoms. The molecule has 0 radical (unpaired) electrons. The summed E-state index contributed by atoms with van der Waals surface area (Å²) < 4.78 is 11.0. The predicted octanol–water partition coefficient (Wildman–Crippen LogP) is 0.332. The van der Waals surface area contributed by atoms with Gasteiger partial charge >= 0.3 is 0 Å². The lowest BCUT2D eigenvalue weighted by molar-refractivity contribution is -0.00791. The summed E-state index contributed by atoms with van der Waals surface area (Å²) in [4.78, 5) is 2.42. The Morgan fingerprint density at radius 3 is 2.88 bits per heavy atom. The molecule has 1 N–H and O–H groups in total. The molecule has 4 heteroatoms. The highest BCUT2D eigenvalue weighted by Gasteiger charge is 2.34. The molecule has 4 nitrogen and oxygen atoms in total. The van der Waals surface area contributed by atoms with Crippen LogP contribution in [0.2, 0.25) is 0 Å². The molecule has 0 aromatic rings. The third kappa shape index (κ3) is 3.42. The van der Waals surface area contributed by atoms with E-state index in [9.17, 15) is 0 Å². The maximum Gasteiger partial charge on any atom is 0.0826 e. The molecule has 2 unspecified atom stereocenters. The molecule has 2 fully saturated rings. The Bertz CT molecular complexity index is 203. The van der Waals surface area contributed by atoms with E-state index in [1.807, 2.05) is 0 Å². The predicted molar refractivity (Wildman–Crippen MR) is 63.6 cm³/mol. The maximum absolute atomic E-state index is 5.73. The van der Waals surface area contributed by atoms with E-state index >= 15 is 0 Å². The fraction of sp³-hybridized carbons (Fsp3) is 1.00. The van der Waals surface area contributed by atoms with Gasteiger partial charge in [0, 0.05) is 32.8 Å². The highest BCUT2D eigenvalue weighted by molar-refractivity contribution is 4.88. The molecule has 1 saturated carbocycles. The lowest BCUT2D eigenvalue weighted by Crippen LogP contribution is -2.48. The molecule has 16 heavy (non-hydrogen) atoms. The molecule has 0 aromatic carbocycles. The Labute approximate surface area is 98.3 Å². The number of methoxy groups -OCH3 is 1. The standard InChI is InChI=1S/C12H24N2O2/c1-14(8-11-7-13-5-6-16-11)12(9-15-2)10-3-4-10/h10-13H,3-9H2,1-2H3. The van der Waals surface area contributed by atoms with E-state index in [2.05, 4.69) is 17.3 Å². The van der Waals surface area contributed by atoms with Crippen molar-refractivity contribution in [3.63, 3.8) is 0 Å². The van der Waals surface area contributed by atoms with E-state index in [0.717, 1.165) is 38.8 Å². The third-order valence-corrected chi connectivity index (χ3v) is 3.57. The van der Waals surface area contributed by atoms with Crippen molar-refractivity contribution in [2.75, 3.05) is 47.0 Å². The second-order valence-corrected chi connectivity index (χ2v) is 5.00. The van der Waals surface area contributed by atoms with Crippen LogP contribution in [0.3, 0.4) is 0 Å². The first-order chi connectivity index (χ1) is 7.81. The van der Waals surface area contributed by atoms with Gasteiger partial charge in [0.2, 0.25) is 0 Å². The lowest BCUT2D eigenvalue weighted by Gasteiger charge is -2.32. The summed E-state index contributed by atoms with van der Waals surface area (Å²) >= 11 is 0. The molecule has 1 heterocycles. The van der Waals surface area contributed by atoms with Gasteiger partial charge in [-0.1, -0.05) is 0 Å². The topological polar surface area (TPSA) is 33.7 Å². The van der Waals surface area contributed by atoms with Gasteiger partial charge in [0.25, 0.3) is 0 Å². The Morgan fingerprint density at radius 1 is 1.50 bits per heavy atom. The van der Waals surface area contributed by atoms with E-state index in [1.165, 1.54) is 12.8 Å². The number of nitrogens with zero attached hydrogens (tertiary/aromatic N) is 1. The number of ether oxygens (including phenoxy) is 2. The minimum atomic E-state index is 0.344. The molecule has 2 aliphatic rings. The van der Waals surface area contributed by atoms with Gasteiger partial charge in [0.15, 0.2) is 0 Å². The van der Waals surface area contributed by atoms with E-state index < -0.39 is 0 Å². The SMILES string of the molecule is COCC(C1CC1)N(C)CC1CNCCO1. The van der Waals surface area contributed by atoms with Crippen LogP contribution in [0.1, 0.15) is 12.8 Å². The van der Waals surface area contributed by atoms with Crippen molar-refractivity contribution < 1.29 is 9.47 Å². The summed E-state index contributed by atoms with van der Waals surface area (Å²) in [7, 11) is 3.99. The number of hydrogen-bond acceptors (Lipinski definition) is 4. The molecule has 0 bridgehead atoms. The van der Waals surface area contributed by atoms with Crippen molar-refractivity contribution in [2.24, 2.45) is 5.92 Å². The van der Waals surface area contributed by atoms with E-state index in [0.29, 0.717) is 12.1 Å². The Morgan fingerprint density at radius 2 is 2.31 bits per heavy atom. The second-order valence-electron chi connectivity index (χ2n) is 5.00. The summed E-state index contributed by atoms with van der Waals surface area (Å²) in [5.41, 5.74) is 0. The van der Waals surface area contributed by atoms with Crippen LogP contribution in [0, 0.1) is 5.92 Å². The van der Waals surface area contributed by atoms with Crippen LogP contribution < -0.4 is 5.32 Å². The number of likely N-dealkylation sites (N-methyl/N-ethyl adjacent to an activating group) is 1. The van der Waals surface area contributed by atoms with Crippen LogP contribution in [-0.4, -0.2) is 64.1 Å². The zero-order valence-corrected chi connectivity index (χ0v) is 10.4. The number of nitrogens with one attached hydrogen (secondary N) is 1. The average molecular weight is 228 g/mol. The first-order valence-electron chi connectivity index (χ1n) is 6.32. The van der Waals surface area contributed by atoms with Gasteiger partial charge in [-0.2, -0.15) is 0 Å². The van der Waals surface area contributed by atoms with Crippen LogP contribution in [-0.2, 0) is 9.47 Å². The largest absolute Gasteiger partial charge is 0.383 e. The molecular formula is C12H24N2O2. The van der Waals surface area contributed by atoms with Crippen LogP contribution >= 0.6 is 0 Å². The molecule has 1 aliphatic carbocycles. The van der Waals surface area contributed by atoms with Crippen molar-refractivity contribution in [1.29, 1.82) is 0 Å². The third-order valence-electron chi connectivity index (χ3n) is 3.57. The first-order valence-corrected chi connectivity index (χ1v) is 6.32. The second kappa shape index (κ2) is 5.96. The Balaban J connectivity index is 1.77. The summed E-state index contributed by atoms with van der Waals surface area (Å²) in [6.45, 7) is 4.68. The van der Waals surface area contributed by atoms with E-state index in [-0.39, 0.29) is 0 Å². The first kappa shape index (κ1) is 12.3. The Kier molecular flexibility index (Phi) is 4.58. The van der Waals surface area contributed by atoms with Crippen molar-refractivity contribution in [2.45, 2.75) is 25.0 Å². The highest BCUT2D eigenvalue weighted by Crippen LogP contribution is 2.35. The fourth-order valence-electron chi connectivity index (χ4n) is 2.47. The quantitative estimate of drug-likeness (QED) is 0.710. The zero-order valence-electron chi connectivity index (χ0n) is 10.4. The van der Waals surface area contributed by atoms with Gasteiger partial charge in [-0.25, -0.2) is 0 Å². The van der Waals surface area contributed by atoms with E-state index in [1.54, 1.807) is 7.11 Å². The Hall–Kier alpha value is -0.160. The van der Waals surface area contributed by atoms with Crippen molar-refractivity contribution in [3.05, 3.63) is 0 Å². The molecule has 0 aromatic heterocycles. The van der Waals surface area contributed by atoms with Crippen LogP contribution in [0.25, 0.3) is 0 Å². The molecular weight excluding hydrogens is 204 g/mol. The summed E-state index contributed by atoms with van der Waals surface area (Å²) in [6, 6.07) is 0.579. The number of rotatable bonds is 6. The summed E-state index contributed by atoms with van der Waals surface area (Å²) in [5.74, 6) is 0.849. The molecule has 0 amide bonds. The molecule has 2 rings (SSSR count). The van der Waals surface area contributed by atoms with Crippen molar-refractivity contribution >= 4 is 0 Å². The van der Waals surface area contributed by atoms with Crippen LogP contribution in [0.15, 0.2) is 0 Å². The molecule has 94 valence electrons. The van der Waals surface area contributed by atoms with Gasteiger partial charge in [-0.15, -0.1) is 0 Å². The smallest absolute Gasteiger partial charge is 0.0826 e. The fourth-order valence-corrected chi connectivity index (χ4v) is 2.47. The van der Waals surface area contributed by atoms with Crippen molar-refractivity contribution in [1.82, 2.24) is 10.2 Å². The monoisotopic (exact) mass is 228 g/mol. The van der Waals surface area contributed by atoms with Crippen molar-refractivity contribution in [3.8, 4) is 0 Å². The highest BCUT2D eigenvalue weighted by atomic mass is 16.5. The van der Waals surface area contributed by atoms with Gasteiger partial charge in [0.1, 0.15) is 0 Å². The van der Waals surface area contributed by atoms with E-state index in [4.69, 9.17) is 9.47 Å². The number of morpholine rings is 1. The minimum Gasteiger partial charge on any atom is -0.383 e. The van der Waals surface area contributed by atoms with Crippen LogP contribution in [0.4, 0.5) is 0 Å². The van der Waals surface area contributed by atoms with Gasteiger partial charge in [-0.05, 0) is 25.8 Å². The summed E-state index contributed by atoms with van der Waals surface area (Å²) in [5, 5.41) is 3.37. The summed E-state index contributed by atoms with van der Waals surface area (Å²) in [6.07, 6.45) is 3.07.